The van der Waals surface area contributed by atoms with Crippen LogP contribution in [-0.4, -0.2) is 94.4 Å². The molecule has 0 aromatic heterocycles. The minimum atomic E-state index is 0.394. The maximum Gasteiger partial charge on any atom is 0.191 e. The summed E-state index contributed by atoms with van der Waals surface area (Å²) in [5, 5.41) is 7.05. The van der Waals surface area contributed by atoms with Crippen molar-refractivity contribution in [2.24, 2.45) is 4.99 Å². The lowest BCUT2D eigenvalue weighted by molar-refractivity contribution is 0.140. The van der Waals surface area contributed by atoms with Crippen LogP contribution in [0.4, 0.5) is 5.69 Å². The molecule has 162 valence electrons. The first-order valence-electron chi connectivity index (χ1n) is 11.1. The van der Waals surface area contributed by atoms with Crippen LogP contribution in [0.5, 0.6) is 5.75 Å². The molecular formula is C22H38N6O. The molecule has 0 radical (unpaired) electrons. The quantitative estimate of drug-likeness (QED) is 0.507. The number of guanidine groups is 1. The van der Waals surface area contributed by atoms with Gasteiger partial charge >= 0.3 is 0 Å². The predicted octanol–water partition coefficient (Wildman–Crippen LogP) is 1.47. The Bertz CT molecular complexity index is 644. The van der Waals surface area contributed by atoms with E-state index in [0.29, 0.717) is 6.04 Å². The van der Waals surface area contributed by atoms with E-state index in [1.807, 2.05) is 12.1 Å². The molecule has 1 aromatic rings. The Morgan fingerprint density at radius 1 is 1.10 bits per heavy atom. The average Bonchev–Trinajstić information content (AvgIpc) is 3.22. The third-order valence-corrected chi connectivity index (χ3v) is 5.90. The first-order chi connectivity index (χ1) is 14.2. The van der Waals surface area contributed by atoms with Crippen molar-refractivity contribution in [3.8, 4) is 5.75 Å². The molecule has 29 heavy (non-hydrogen) atoms. The number of para-hydroxylation sites is 2. The minimum absolute atomic E-state index is 0.394. The first-order valence-corrected chi connectivity index (χ1v) is 11.1. The summed E-state index contributed by atoms with van der Waals surface area (Å²) in [6.45, 7) is 14.9. The summed E-state index contributed by atoms with van der Waals surface area (Å²) in [5.41, 5.74) is 1.17. The van der Waals surface area contributed by atoms with Crippen LogP contribution in [0, 0.1) is 0 Å². The van der Waals surface area contributed by atoms with Crippen LogP contribution in [0.3, 0.4) is 0 Å². The van der Waals surface area contributed by atoms with Gasteiger partial charge in [-0.1, -0.05) is 19.1 Å². The molecule has 1 atom stereocenters. The van der Waals surface area contributed by atoms with Gasteiger partial charge in [0.25, 0.3) is 0 Å². The Morgan fingerprint density at radius 3 is 2.59 bits per heavy atom. The molecule has 0 amide bonds. The summed E-state index contributed by atoms with van der Waals surface area (Å²) in [6.07, 6.45) is 1.10. The number of ether oxygens (including phenoxy) is 1. The van der Waals surface area contributed by atoms with Gasteiger partial charge in [0.05, 0.1) is 19.3 Å². The maximum atomic E-state index is 5.53. The van der Waals surface area contributed by atoms with Crippen molar-refractivity contribution in [2.75, 3.05) is 77.5 Å². The smallest absolute Gasteiger partial charge is 0.191 e. The van der Waals surface area contributed by atoms with Gasteiger partial charge in [0, 0.05) is 58.4 Å². The number of piperazine rings is 1. The Kier molecular flexibility index (Phi) is 8.43. The number of anilines is 1. The largest absolute Gasteiger partial charge is 0.495 e. The fourth-order valence-electron chi connectivity index (χ4n) is 4.13. The predicted molar refractivity (Wildman–Crippen MR) is 121 cm³/mol. The molecule has 3 rings (SSSR count). The summed E-state index contributed by atoms with van der Waals surface area (Å²) in [6, 6.07) is 8.66. The van der Waals surface area contributed by atoms with Crippen molar-refractivity contribution in [1.82, 2.24) is 20.4 Å². The van der Waals surface area contributed by atoms with Crippen molar-refractivity contribution >= 4 is 11.6 Å². The fourth-order valence-corrected chi connectivity index (χ4v) is 4.13. The van der Waals surface area contributed by atoms with Crippen molar-refractivity contribution in [2.45, 2.75) is 26.3 Å². The lowest BCUT2D eigenvalue weighted by Crippen LogP contribution is -2.47. The third-order valence-electron chi connectivity index (χ3n) is 5.90. The van der Waals surface area contributed by atoms with E-state index in [2.05, 4.69) is 51.3 Å². The second kappa shape index (κ2) is 11.3. The SMILES string of the molecule is CCNC(=NCCN1CCN(CC)CC1)NC1CCN(c2ccccc2OC)C1. The van der Waals surface area contributed by atoms with Gasteiger partial charge < -0.3 is 25.2 Å². The number of aliphatic imine (C=N–C) groups is 1. The van der Waals surface area contributed by atoms with Gasteiger partial charge in [-0.25, -0.2) is 0 Å². The van der Waals surface area contributed by atoms with Crippen LogP contribution in [0.1, 0.15) is 20.3 Å². The lowest BCUT2D eigenvalue weighted by Gasteiger charge is -2.33. The van der Waals surface area contributed by atoms with Crippen LogP contribution >= 0.6 is 0 Å². The van der Waals surface area contributed by atoms with E-state index in [1.165, 1.54) is 18.8 Å². The van der Waals surface area contributed by atoms with Gasteiger partial charge in [-0.2, -0.15) is 0 Å². The molecule has 0 aliphatic carbocycles. The van der Waals surface area contributed by atoms with E-state index >= 15 is 0 Å². The first kappa shape index (κ1) is 21.7. The number of likely N-dealkylation sites (N-methyl/N-ethyl adjacent to an activating group) is 1. The van der Waals surface area contributed by atoms with Crippen LogP contribution < -0.4 is 20.3 Å². The van der Waals surface area contributed by atoms with Gasteiger partial charge in [-0.15, -0.1) is 0 Å². The standard InChI is InChI=1S/C22H38N6O/c1-4-23-22(24-11-13-27-16-14-26(5-2)15-17-27)25-19-10-12-28(18-19)20-8-6-7-9-21(20)29-3/h6-9,19H,4-5,10-18H2,1-3H3,(H2,23,24,25). The van der Waals surface area contributed by atoms with E-state index in [1.54, 1.807) is 7.11 Å². The van der Waals surface area contributed by atoms with Crippen LogP contribution in [0.25, 0.3) is 0 Å². The molecule has 2 saturated heterocycles. The monoisotopic (exact) mass is 402 g/mol. The highest BCUT2D eigenvalue weighted by Crippen LogP contribution is 2.30. The van der Waals surface area contributed by atoms with Crippen molar-refractivity contribution < 1.29 is 4.74 Å². The number of nitrogens with one attached hydrogen (secondary N) is 2. The normalized spacial score (nSPS) is 21.4. The molecule has 2 N–H and O–H groups in total. The minimum Gasteiger partial charge on any atom is -0.495 e. The van der Waals surface area contributed by atoms with E-state index in [9.17, 15) is 0 Å². The Morgan fingerprint density at radius 2 is 1.86 bits per heavy atom. The number of rotatable bonds is 8. The van der Waals surface area contributed by atoms with E-state index in [0.717, 1.165) is 70.5 Å². The molecule has 2 fully saturated rings. The summed E-state index contributed by atoms with van der Waals surface area (Å²) in [7, 11) is 1.74. The van der Waals surface area contributed by atoms with Crippen LogP contribution in [0.15, 0.2) is 29.3 Å². The van der Waals surface area contributed by atoms with E-state index in [-0.39, 0.29) is 0 Å². The summed E-state index contributed by atoms with van der Waals surface area (Å²) in [4.78, 5) is 12.3. The van der Waals surface area contributed by atoms with Crippen LogP contribution in [-0.2, 0) is 0 Å². The zero-order chi connectivity index (χ0) is 20.5. The number of hydrogen-bond acceptors (Lipinski definition) is 5. The molecule has 0 saturated carbocycles. The average molecular weight is 403 g/mol. The van der Waals surface area contributed by atoms with E-state index < -0.39 is 0 Å². The number of methoxy groups -OCH3 is 1. The molecular weight excluding hydrogens is 364 g/mol. The summed E-state index contributed by atoms with van der Waals surface area (Å²) in [5.74, 6) is 1.88. The molecule has 2 aliphatic heterocycles. The zero-order valence-corrected chi connectivity index (χ0v) is 18.4. The topological polar surface area (TPSA) is 55.4 Å². The Labute approximate surface area is 176 Å². The molecule has 1 unspecified atom stereocenters. The van der Waals surface area contributed by atoms with Gasteiger partial charge in [0.2, 0.25) is 0 Å². The van der Waals surface area contributed by atoms with Crippen molar-refractivity contribution in [3.05, 3.63) is 24.3 Å². The third kappa shape index (κ3) is 6.24. The molecule has 0 spiro atoms. The molecule has 2 aliphatic rings. The molecule has 7 heteroatoms. The second-order valence-corrected chi connectivity index (χ2v) is 7.78. The Hall–Kier alpha value is -1.99. The summed E-state index contributed by atoms with van der Waals surface area (Å²) < 4.78 is 5.53. The number of nitrogens with zero attached hydrogens (tertiary/aromatic N) is 4. The number of hydrogen-bond donors (Lipinski definition) is 2. The fraction of sp³-hybridized carbons (Fsp3) is 0.682. The van der Waals surface area contributed by atoms with Gasteiger partial charge in [0.15, 0.2) is 5.96 Å². The van der Waals surface area contributed by atoms with E-state index in [4.69, 9.17) is 9.73 Å². The zero-order valence-electron chi connectivity index (χ0n) is 18.4. The lowest BCUT2D eigenvalue weighted by atomic mass is 10.2. The molecule has 1 aromatic carbocycles. The van der Waals surface area contributed by atoms with Crippen LogP contribution in [0.2, 0.25) is 0 Å². The van der Waals surface area contributed by atoms with Crippen molar-refractivity contribution in [1.29, 1.82) is 0 Å². The highest BCUT2D eigenvalue weighted by atomic mass is 16.5. The molecule has 7 nitrogen and oxygen atoms in total. The maximum absolute atomic E-state index is 5.53. The highest BCUT2D eigenvalue weighted by molar-refractivity contribution is 5.80. The van der Waals surface area contributed by atoms with Crippen molar-refractivity contribution in [3.63, 3.8) is 0 Å². The Balaban J connectivity index is 1.48. The van der Waals surface area contributed by atoms with Gasteiger partial charge in [-0.05, 0) is 32.0 Å². The second-order valence-electron chi connectivity index (χ2n) is 7.78. The summed E-state index contributed by atoms with van der Waals surface area (Å²) >= 11 is 0. The van der Waals surface area contributed by atoms with Gasteiger partial charge in [0.1, 0.15) is 5.75 Å². The highest BCUT2D eigenvalue weighted by Gasteiger charge is 2.25. The van der Waals surface area contributed by atoms with Gasteiger partial charge in [-0.3, -0.25) is 9.89 Å². The molecule has 0 bridgehead atoms. The molecule has 2 heterocycles. The number of benzene rings is 1.